The van der Waals surface area contributed by atoms with Crippen molar-refractivity contribution in [2.24, 2.45) is 7.05 Å². The van der Waals surface area contributed by atoms with Gasteiger partial charge in [-0.05, 0) is 31.9 Å². The summed E-state index contributed by atoms with van der Waals surface area (Å²) in [6.07, 6.45) is 3.45. The lowest BCUT2D eigenvalue weighted by atomic mass is 10.1. The Balaban J connectivity index is 1.60. The quantitative estimate of drug-likeness (QED) is 0.764. The summed E-state index contributed by atoms with van der Waals surface area (Å²) in [6.45, 7) is 3.38. The van der Waals surface area contributed by atoms with Crippen LogP contribution in [0.2, 0.25) is 0 Å². The molecule has 1 amide bonds. The van der Waals surface area contributed by atoms with Crippen LogP contribution in [0.15, 0.2) is 24.4 Å². The van der Waals surface area contributed by atoms with E-state index in [0.717, 1.165) is 37.3 Å². The number of benzene rings is 1. The van der Waals surface area contributed by atoms with Gasteiger partial charge in [-0.2, -0.15) is 5.10 Å². The average Bonchev–Trinajstić information content (AvgIpc) is 3.23. The van der Waals surface area contributed by atoms with E-state index in [-0.39, 0.29) is 11.9 Å². The number of hydrogen-bond donors (Lipinski definition) is 1. The van der Waals surface area contributed by atoms with E-state index in [2.05, 4.69) is 15.4 Å². The van der Waals surface area contributed by atoms with Crippen molar-refractivity contribution in [1.82, 2.24) is 19.3 Å². The number of aromatic nitrogens is 4. The molecule has 0 atom stereocenters. The second-order valence-electron chi connectivity index (χ2n) is 6.71. The Bertz CT molecular complexity index is 985. The number of nitrogens with one attached hydrogen (secondary N) is 1. The molecule has 3 heterocycles. The van der Waals surface area contributed by atoms with Gasteiger partial charge in [0, 0.05) is 26.0 Å². The molecule has 4 rings (SSSR count). The minimum atomic E-state index is -0.219. The van der Waals surface area contributed by atoms with Crippen molar-refractivity contribution in [3.63, 3.8) is 0 Å². The lowest BCUT2D eigenvalue weighted by molar-refractivity contribution is 0.0656. The second-order valence-corrected chi connectivity index (χ2v) is 6.71. The van der Waals surface area contributed by atoms with Gasteiger partial charge in [0.2, 0.25) is 5.95 Å². The maximum atomic E-state index is 12.8. The summed E-state index contributed by atoms with van der Waals surface area (Å²) in [4.78, 5) is 17.4. The number of rotatable bonds is 4. The molecule has 0 radical (unpaired) electrons. The number of fused-ring (bicyclic) bond motifs is 1. The van der Waals surface area contributed by atoms with Crippen LogP contribution in [0.5, 0.6) is 5.75 Å². The Hall–Kier alpha value is -2.87. The minimum Gasteiger partial charge on any atom is -0.494 e. The molecule has 0 aliphatic carbocycles. The van der Waals surface area contributed by atoms with Gasteiger partial charge in [-0.15, -0.1) is 0 Å². The van der Waals surface area contributed by atoms with E-state index >= 15 is 0 Å². The summed E-state index contributed by atoms with van der Waals surface area (Å²) in [5.74, 6) is 0.924. The molecule has 1 aromatic carbocycles. The number of aryl methyl sites for hydroxylation is 1. The maximum absolute atomic E-state index is 12.8. The zero-order valence-corrected chi connectivity index (χ0v) is 15.7. The summed E-state index contributed by atoms with van der Waals surface area (Å²) in [7, 11) is 3.47. The second kappa shape index (κ2) is 7.03. The Kier molecular flexibility index (Phi) is 4.57. The molecule has 2 aromatic heterocycles. The highest BCUT2D eigenvalue weighted by Crippen LogP contribution is 2.28. The first-order valence-corrected chi connectivity index (χ1v) is 9.02. The summed E-state index contributed by atoms with van der Waals surface area (Å²) < 4.78 is 14.6. The van der Waals surface area contributed by atoms with E-state index in [9.17, 15) is 4.79 Å². The van der Waals surface area contributed by atoms with Crippen molar-refractivity contribution < 1.29 is 14.3 Å². The molecule has 1 aliphatic rings. The van der Waals surface area contributed by atoms with E-state index in [1.807, 2.05) is 41.4 Å². The van der Waals surface area contributed by atoms with Gasteiger partial charge >= 0.3 is 0 Å². The molecule has 1 saturated heterocycles. The largest absolute Gasteiger partial charge is 0.494 e. The summed E-state index contributed by atoms with van der Waals surface area (Å²) >= 11 is 0. The highest BCUT2D eigenvalue weighted by Gasteiger charge is 2.23. The smallest absolute Gasteiger partial charge is 0.261 e. The van der Waals surface area contributed by atoms with Crippen molar-refractivity contribution in [3.8, 4) is 5.75 Å². The highest BCUT2D eigenvalue weighted by atomic mass is 16.5. The van der Waals surface area contributed by atoms with E-state index in [1.54, 1.807) is 13.3 Å². The first kappa shape index (κ1) is 17.5. The maximum Gasteiger partial charge on any atom is 0.261 e. The monoisotopic (exact) mass is 369 g/mol. The molecule has 0 spiro atoms. The average molecular weight is 369 g/mol. The van der Waals surface area contributed by atoms with Crippen LogP contribution in [0, 0.1) is 6.92 Å². The summed E-state index contributed by atoms with van der Waals surface area (Å²) in [6, 6.07) is 5.97. The minimum absolute atomic E-state index is 0.219. The first-order valence-electron chi connectivity index (χ1n) is 9.02. The fraction of sp³-hybridized carbons (Fsp3) is 0.421. The van der Waals surface area contributed by atoms with Gasteiger partial charge in [0.25, 0.3) is 5.91 Å². The molecule has 3 aromatic rings. The number of carbonyl (C=O) groups excluding carboxylic acids is 1. The number of ether oxygens (including phenoxy) is 2. The zero-order valence-electron chi connectivity index (χ0n) is 15.7. The molecule has 1 N–H and O–H groups in total. The molecule has 0 saturated carbocycles. The molecular weight excluding hydrogens is 346 g/mol. The summed E-state index contributed by atoms with van der Waals surface area (Å²) in [5, 5.41) is 7.35. The fourth-order valence-corrected chi connectivity index (χ4v) is 3.58. The Morgan fingerprint density at radius 3 is 2.85 bits per heavy atom. The molecule has 0 unspecified atom stereocenters. The van der Waals surface area contributed by atoms with Gasteiger partial charge in [-0.3, -0.25) is 14.8 Å². The lowest BCUT2D eigenvalue weighted by Crippen LogP contribution is -2.22. The van der Waals surface area contributed by atoms with Crippen LogP contribution in [0.25, 0.3) is 11.0 Å². The van der Waals surface area contributed by atoms with Crippen molar-refractivity contribution in [1.29, 1.82) is 0 Å². The van der Waals surface area contributed by atoms with Gasteiger partial charge in [0.1, 0.15) is 11.3 Å². The number of anilines is 1. The van der Waals surface area contributed by atoms with Crippen molar-refractivity contribution in [2.75, 3.05) is 25.6 Å². The number of amides is 1. The third kappa shape index (κ3) is 3.06. The first-order chi connectivity index (χ1) is 13.1. The predicted octanol–water partition coefficient (Wildman–Crippen LogP) is 2.69. The number of hydrogen-bond acceptors (Lipinski definition) is 5. The van der Waals surface area contributed by atoms with Crippen LogP contribution in [-0.4, -0.2) is 45.6 Å². The van der Waals surface area contributed by atoms with E-state index in [4.69, 9.17) is 9.47 Å². The van der Waals surface area contributed by atoms with Crippen LogP contribution in [-0.2, 0) is 11.8 Å². The number of carbonyl (C=O) groups is 1. The van der Waals surface area contributed by atoms with E-state index in [1.165, 1.54) is 0 Å². The molecular formula is C19H23N5O3. The van der Waals surface area contributed by atoms with Crippen LogP contribution < -0.4 is 10.1 Å². The topological polar surface area (TPSA) is 83.2 Å². The number of nitrogens with zero attached hydrogens (tertiary/aromatic N) is 4. The molecule has 142 valence electrons. The van der Waals surface area contributed by atoms with E-state index in [0.29, 0.717) is 22.8 Å². The predicted molar refractivity (Wildman–Crippen MR) is 101 cm³/mol. The number of methoxy groups -OCH3 is 1. The Morgan fingerprint density at radius 1 is 1.33 bits per heavy atom. The Morgan fingerprint density at radius 2 is 2.11 bits per heavy atom. The summed E-state index contributed by atoms with van der Waals surface area (Å²) in [5.41, 5.74) is 3.02. The zero-order chi connectivity index (χ0) is 19.0. The van der Waals surface area contributed by atoms with Crippen LogP contribution in [0.1, 0.15) is 34.9 Å². The molecule has 27 heavy (non-hydrogen) atoms. The third-order valence-corrected chi connectivity index (χ3v) is 5.15. The van der Waals surface area contributed by atoms with Crippen molar-refractivity contribution >= 4 is 22.9 Å². The molecule has 1 aliphatic heterocycles. The number of imidazole rings is 1. The molecule has 8 heteroatoms. The fourth-order valence-electron chi connectivity index (χ4n) is 3.58. The lowest BCUT2D eigenvalue weighted by Gasteiger charge is -2.23. The van der Waals surface area contributed by atoms with Crippen molar-refractivity contribution in [2.45, 2.75) is 25.8 Å². The van der Waals surface area contributed by atoms with Crippen molar-refractivity contribution in [3.05, 3.63) is 35.7 Å². The SMILES string of the molecule is COc1cccc2c1nc(NC(=O)c1cnn(C3CCOCC3)c1C)n2C. The van der Waals surface area contributed by atoms with Crippen LogP contribution in [0.4, 0.5) is 5.95 Å². The van der Waals surface area contributed by atoms with Gasteiger partial charge < -0.3 is 14.0 Å². The third-order valence-electron chi connectivity index (χ3n) is 5.15. The molecule has 1 fully saturated rings. The standard InChI is InChI=1S/C19H23N5O3/c1-12-14(11-20-24(12)13-7-9-27-10-8-13)18(25)22-19-21-17-15(23(19)2)5-4-6-16(17)26-3/h4-6,11,13H,7-10H2,1-3H3,(H,21,22,25). The Labute approximate surface area is 157 Å². The molecule has 8 nitrogen and oxygen atoms in total. The van der Waals surface area contributed by atoms with Crippen LogP contribution in [0.3, 0.4) is 0 Å². The number of para-hydroxylation sites is 1. The normalized spacial score (nSPS) is 15.2. The molecule has 0 bridgehead atoms. The van der Waals surface area contributed by atoms with Crippen LogP contribution >= 0.6 is 0 Å². The highest BCUT2D eigenvalue weighted by molar-refractivity contribution is 6.04. The van der Waals surface area contributed by atoms with Gasteiger partial charge in [0.15, 0.2) is 0 Å². The van der Waals surface area contributed by atoms with Gasteiger partial charge in [0.05, 0.1) is 30.4 Å². The van der Waals surface area contributed by atoms with Gasteiger partial charge in [-0.1, -0.05) is 6.07 Å². The van der Waals surface area contributed by atoms with E-state index < -0.39 is 0 Å². The van der Waals surface area contributed by atoms with Gasteiger partial charge in [-0.25, -0.2) is 4.98 Å².